The first kappa shape index (κ1) is 21.8. The maximum atomic E-state index is 13.1. The van der Waals surface area contributed by atoms with Crippen LogP contribution >= 0.6 is 0 Å². The van der Waals surface area contributed by atoms with Gasteiger partial charge in [-0.25, -0.2) is 0 Å². The van der Waals surface area contributed by atoms with Gasteiger partial charge in [0.2, 0.25) is 0 Å². The van der Waals surface area contributed by atoms with Crippen LogP contribution in [0.1, 0.15) is 43.0 Å². The number of Topliss-reactive ketones (excluding diaryl/α,β-unsaturated/α-hetero) is 1. The lowest BCUT2D eigenvalue weighted by atomic mass is 9.92. The van der Waals surface area contributed by atoms with Gasteiger partial charge < -0.3 is 14.7 Å². The first-order valence-corrected chi connectivity index (χ1v) is 10.4. The van der Waals surface area contributed by atoms with Crippen LogP contribution in [0.3, 0.4) is 0 Å². The molecule has 0 saturated heterocycles. The lowest BCUT2D eigenvalue weighted by molar-refractivity contribution is -0.130. The molecule has 1 heterocycles. The summed E-state index contributed by atoms with van der Waals surface area (Å²) in [5.74, 6) is -1.16. The third kappa shape index (κ3) is 4.97. The normalized spacial score (nSPS) is 16.6. The Morgan fingerprint density at radius 1 is 1.13 bits per heavy atom. The maximum Gasteiger partial charge on any atom is 0.290 e. The number of hydrogen-bond donors (Lipinski definition) is 1. The van der Waals surface area contributed by atoms with Crippen LogP contribution in [0.2, 0.25) is 0 Å². The van der Waals surface area contributed by atoms with Gasteiger partial charge in [-0.2, -0.15) is 0 Å². The van der Waals surface area contributed by atoms with Crippen LogP contribution in [0.5, 0.6) is 0 Å². The van der Waals surface area contributed by atoms with Gasteiger partial charge in [0.1, 0.15) is 0 Å². The number of aryl methyl sites for hydroxylation is 2. The fraction of sp³-hybridized carbons (Fsp3) is 0.360. The highest BCUT2D eigenvalue weighted by Gasteiger charge is 2.43. The molecule has 158 valence electrons. The molecular weight excluding hydrogens is 378 g/mol. The summed E-state index contributed by atoms with van der Waals surface area (Å²) in [6.07, 6.45) is 0.824. The molecule has 5 heteroatoms. The quantitative estimate of drug-likeness (QED) is 0.672. The Bertz CT molecular complexity index is 933. The number of aliphatic hydroxyl groups excluding tert-OH is 1. The van der Waals surface area contributed by atoms with E-state index in [1.165, 1.54) is 0 Å². The average Bonchev–Trinajstić information content (AvgIpc) is 2.97. The SMILES string of the molecule is Cc1cccc(C2C(C(=O)CCc3ccccc3)=C(O)C(=O)N2CCOC(C)C)c1. The minimum absolute atomic E-state index is 0.0358. The third-order valence-corrected chi connectivity index (χ3v) is 5.23. The Hall–Kier alpha value is -2.92. The van der Waals surface area contributed by atoms with Crippen LogP contribution in [0.15, 0.2) is 65.9 Å². The second-order valence-electron chi connectivity index (χ2n) is 7.91. The molecule has 0 aliphatic carbocycles. The Balaban J connectivity index is 1.87. The van der Waals surface area contributed by atoms with Crippen molar-refractivity contribution in [2.45, 2.75) is 45.8 Å². The van der Waals surface area contributed by atoms with Crippen molar-refractivity contribution in [1.29, 1.82) is 0 Å². The minimum atomic E-state index is -0.601. The number of aliphatic hydroxyl groups is 1. The van der Waals surface area contributed by atoms with Crippen molar-refractivity contribution in [3.63, 3.8) is 0 Å². The zero-order valence-electron chi connectivity index (χ0n) is 17.8. The number of rotatable bonds is 9. The predicted molar refractivity (Wildman–Crippen MR) is 116 cm³/mol. The summed E-state index contributed by atoms with van der Waals surface area (Å²) in [6.45, 7) is 6.46. The second-order valence-corrected chi connectivity index (χ2v) is 7.91. The zero-order chi connectivity index (χ0) is 21.7. The second kappa shape index (κ2) is 9.72. The topological polar surface area (TPSA) is 66.8 Å². The molecule has 1 unspecified atom stereocenters. The first-order valence-electron chi connectivity index (χ1n) is 10.4. The van der Waals surface area contributed by atoms with Crippen molar-refractivity contribution in [3.8, 4) is 0 Å². The fourth-order valence-electron chi connectivity index (χ4n) is 3.78. The van der Waals surface area contributed by atoms with Crippen LogP contribution < -0.4 is 0 Å². The van der Waals surface area contributed by atoms with Crippen molar-refractivity contribution in [2.24, 2.45) is 0 Å². The number of carbonyl (C=O) groups excluding carboxylic acids is 2. The molecule has 0 fully saturated rings. The molecule has 1 aliphatic rings. The smallest absolute Gasteiger partial charge is 0.290 e. The van der Waals surface area contributed by atoms with Gasteiger partial charge in [0, 0.05) is 13.0 Å². The van der Waals surface area contributed by atoms with E-state index in [4.69, 9.17) is 4.74 Å². The van der Waals surface area contributed by atoms with E-state index < -0.39 is 17.7 Å². The van der Waals surface area contributed by atoms with Gasteiger partial charge in [0.05, 0.1) is 24.3 Å². The predicted octanol–water partition coefficient (Wildman–Crippen LogP) is 4.32. The molecule has 0 spiro atoms. The van der Waals surface area contributed by atoms with Gasteiger partial charge in [-0.1, -0.05) is 60.2 Å². The van der Waals surface area contributed by atoms with Gasteiger partial charge in [0.15, 0.2) is 11.5 Å². The molecule has 30 heavy (non-hydrogen) atoms. The summed E-state index contributed by atoms with van der Waals surface area (Å²) in [7, 11) is 0. The molecule has 0 aromatic heterocycles. The summed E-state index contributed by atoms with van der Waals surface area (Å²) >= 11 is 0. The van der Waals surface area contributed by atoms with E-state index >= 15 is 0 Å². The van der Waals surface area contributed by atoms with Crippen LogP contribution in [0.25, 0.3) is 0 Å². The highest BCUT2D eigenvalue weighted by molar-refractivity contribution is 6.09. The highest BCUT2D eigenvalue weighted by Crippen LogP contribution is 2.38. The number of ketones is 1. The zero-order valence-corrected chi connectivity index (χ0v) is 17.8. The van der Waals surface area contributed by atoms with Gasteiger partial charge >= 0.3 is 0 Å². The minimum Gasteiger partial charge on any atom is -0.503 e. The number of ether oxygens (including phenoxy) is 1. The molecule has 0 bridgehead atoms. The maximum absolute atomic E-state index is 13.1. The number of amides is 1. The molecule has 0 saturated carbocycles. The molecule has 2 aromatic rings. The van der Waals surface area contributed by atoms with Gasteiger partial charge in [-0.05, 0) is 38.3 Å². The Kier molecular flexibility index (Phi) is 7.06. The van der Waals surface area contributed by atoms with E-state index in [0.717, 1.165) is 16.7 Å². The summed E-state index contributed by atoms with van der Waals surface area (Å²) < 4.78 is 5.62. The summed E-state index contributed by atoms with van der Waals surface area (Å²) in [5, 5.41) is 10.6. The molecule has 0 radical (unpaired) electrons. The van der Waals surface area contributed by atoms with Crippen LogP contribution in [0, 0.1) is 6.92 Å². The summed E-state index contributed by atoms with van der Waals surface area (Å²) in [4.78, 5) is 27.5. The van der Waals surface area contributed by atoms with E-state index in [0.29, 0.717) is 19.6 Å². The Morgan fingerprint density at radius 2 is 1.87 bits per heavy atom. The van der Waals surface area contributed by atoms with Crippen molar-refractivity contribution < 1.29 is 19.4 Å². The molecule has 1 aliphatic heterocycles. The first-order chi connectivity index (χ1) is 14.4. The Labute approximate surface area is 178 Å². The third-order valence-electron chi connectivity index (χ3n) is 5.23. The molecule has 5 nitrogen and oxygen atoms in total. The van der Waals surface area contributed by atoms with Crippen LogP contribution in [0.4, 0.5) is 0 Å². The number of carbonyl (C=O) groups is 2. The number of nitrogens with zero attached hydrogens (tertiary/aromatic N) is 1. The van der Waals surface area contributed by atoms with Gasteiger partial charge in [-0.15, -0.1) is 0 Å². The number of benzene rings is 2. The average molecular weight is 408 g/mol. The highest BCUT2D eigenvalue weighted by atomic mass is 16.5. The van der Waals surface area contributed by atoms with E-state index in [2.05, 4.69) is 0 Å². The molecule has 3 rings (SSSR count). The van der Waals surface area contributed by atoms with Gasteiger partial charge in [-0.3, -0.25) is 9.59 Å². The van der Waals surface area contributed by atoms with E-state index in [-0.39, 0.29) is 23.9 Å². The summed E-state index contributed by atoms with van der Waals surface area (Å²) in [5.41, 5.74) is 3.08. The molecule has 1 atom stereocenters. The number of hydrogen-bond acceptors (Lipinski definition) is 4. The lowest BCUT2D eigenvalue weighted by Crippen LogP contribution is -2.34. The summed E-state index contributed by atoms with van der Waals surface area (Å²) in [6, 6.07) is 16.8. The van der Waals surface area contributed by atoms with Crippen LogP contribution in [-0.2, 0) is 20.7 Å². The molecular formula is C25H29NO4. The molecule has 1 N–H and O–H groups in total. The van der Waals surface area contributed by atoms with Crippen molar-refractivity contribution in [2.75, 3.05) is 13.2 Å². The van der Waals surface area contributed by atoms with Crippen molar-refractivity contribution in [1.82, 2.24) is 4.90 Å². The van der Waals surface area contributed by atoms with Crippen molar-refractivity contribution >= 4 is 11.7 Å². The fourth-order valence-corrected chi connectivity index (χ4v) is 3.78. The van der Waals surface area contributed by atoms with Gasteiger partial charge in [0.25, 0.3) is 5.91 Å². The molecule has 1 amide bonds. The van der Waals surface area contributed by atoms with Crippen LogP contribution in [-0.4, -0.2) is 41.0 Å². The lowest BCUT2D eigenvalue weighted by Gasteiger charge is -2.27. The standard InChI is InChI=1S/C25H29NO4/c1-17(2)30-15-14-26-23(20-11-7-8-18(3)16-20)22(24(28)25(26)29)21(27)13-12-19-9-5-4-6-10-19/h4-11,16-17,23,28H,12-15H2,1-3H3. The monoisotopic (exact) mass is 407 g/mol. The van der Waals surface area contributed by atoms with E-state index in [1.807, 2.05) is 75.4 Å². The largest absolute Gasteiger partial charge is 0.503 e. The van der Waals surface area contributed by atoms with E-state index in [1.54, 1.807) is 4.90 Å². The van der Waals surface area contributed by atoms with Crippen molar-refractivity contribution in [3.05, 3.63) is 82.6 Å². The van der Waals surface area contributed by atoms with E-state index in [9.17, 15) is 14.7 Å². The molecule has 2 aromatic carbocycles. The Morgan fingerprint density at radius 3 is 2.53 bits per heavy atom.